The Labute approximate surface area is 189 Å². The van der Waals surface area contributed by atoms with Crippen molar-refractivity contribution in [2.24, 2.45) is 0 Å². The molecule has 1 aromatic heterocycles. The Kier molecular flexibility index (Phi) is 6.70. The van der Waals surface area contributed by atoms with E-state index in [1.54, 1.807) is 20.8 Å². The molecule has 6 nitrogen and oxygen atoms in total. The first-order valence-corrected chi connectivity index (χ1v) is 10.8. The van der Waals surface area contributed by atoms with E-state index in [0.717, 1.165) is 31.3 Å². The molecule has 0 saturated heterocycles. The van der Waals surface area contributed by atoms with Crippen LogP contribution in [0.2, 0.25) is 0 Å². The average Bonchev–Trinajstić information content (AvgIpc) is 3.05. The topological polar surface area (TPSA) is 83.2 Å². The number of aromatic amines is 1. The summed E-state index contributed by atoms with van der Waals surface area (Å²) in [7, 11) is 0. The van der Waals surface area contributed by atoms with Gasteiger partial charge in [-0.3, -0.25) is 4.79 Å². The van der Waals surface area contributed by atoms with Gasteiger partial charge in [0.05, 0.1) is 0 Å². The second-order valence-electron chi connectivity index (χ2n) is 8.21. The van der Waals surface area contributed by atoms with Gasteiger partial charge in [-0.1, -0.05) is 18.2 Å². The molecule has 1 heterocycles. The first kappa shape index (κ1) is 22.1. The Morgan fingerprint density at radius 2 is 1.90 bits per heavy atom. The quantitative estimate of drug-likeness (QED) is 0.408. The monoisotopic (exact) mass is 519 g/mol. The van der Waals surface area contributed by atoms with Crippen molar-refractivity contribution in [3.05, 3.63) is 63.4 Å². The number of amides is 2. The van der Waals surface area contributed by atoms with Gasteiger partial charge in [-0.15, -0.1) is 0 Å². The van der Waals surface area contributed by atoms with E-state index in [1.165, 1.54) is 0 Å². The predicted octanol–water partition coefficient (Wildman–Crippen LogP) is 5.16. The van der Waals surface area contributed by atoms with Gasteiger partial charge in [0.2, 0.25) is 5.91 Å². The van der Waals surface area contributed by atoms with Gasteiger partial charge in [0, 0.05) is 32.8 Å². The van der Waals surface area contributed by atoms with Crippen molar-refractivity contribution in [3.63, 3.8) is 0 Å². The number of aryl methyl sites for hydroxylation is 1. The molecule has 0 aliphatic heterocycles. The van der Waals surface area contributed by atoms with Gasteiger partial charge in [0.15, 0.2) is 0 Å². The Morgan fingerprint density at radius 3 is 2.60 bits per heavy atom. The molecule has 3 N–H and O–H groups in total. The highest BCUT2D eigenvalue weighted by molar-refractivity contribution is 14.1. The van der Waals surface area contributed by atoms with Crippen LogP contribution in [-0.2, 0) is 16.0 Å². The number of carbonyl (C=O) groups is 2. The van der Waals surface area contributed by atoms with Crippen LogP contribution in [0.5, 0.6) is 0 Å². The molecule has 7 heteroatoms. The molecule has 0 saturated carbocycles. The smallest absolute Gasteiger partial charge is 0.408 e. The number of halogens is 1. The molecule has 2 amide bonds. The maximum atomic E-state index is 13.1. The minimum atomic E-state index is -0.794. The highest BCUT2D eigenvalue weighted by Crippen LogP contribution is 2.21. The first-order valence-electron chi connectivity index (χ1n) is 9.74. The molecule has 1 unspecified atom stereocenters. The third-order valence-corrected chi connectivity index (χ3v) is 5.22. The molecule has 0 radical (unpaired) electrons. The molecule has 1 atom stereocenters. The SMILES string of the molecule is Cc1cc(I)ccc1NC(=O)C(Cc1c[nH]c2ccccc12)NC(=O)OC(C)(C)C. The molecule has 0 aliphatic carbocycles. The van der Waals surface area contributed by atoms with Crippen LogP contribution in [-0.4, -0.2) is 28.6 Å². The minimum Gasteiger partial charge on any atom is -0.444 e. The van der Waals surface area contributed by atoms with Crippen LogP contribution in [0.4, 0.5) is 10.5 Å². The molecule has 0 spiro atoms. The summed E-state index contributed by atoms with van der Waals surface area (Å²) in [6.07, 6.45) is 1.58. The largest absolute Gasteiger partial charge is 0.444 e. The molecule has 0 fully saturated rings. The fourth-order valence-electron chi connectivity index (χ4n) is 3.17. The summed E-state index contributed by atoms with van der Waals surface area (Å²) in [5, 5.41) is 6.70. The fraction of sp³-hybridized carbons (Fsp3) is 0.304. The lowest BCUT2D eigenvalue weighted by Gasteiger charge is -2.23. The molecule has 2 aromatic carbocycles. The summed E-state index contributed by atoms with van der Waals surface area (Å²) < 4.78 is 6.46. The zero-order valence-corrected chi connectivity index (χ0v) is 19.7. The normalized spacial score (nSPS) is 12.4. The summed E-state index contributed by atoms with van der Waals surface area (Å²) >= 11 is 2.23. The number of para-hydroxylation sites is 1. The van der Waals surface area contributed by atoms with Crippen LogP contribution in [0, 0.1) is 10.5 Å². The lowest BCUT2D eigenvalue weighted by molar-refractivity contribution is -0.118. The molecular weight excluding hydrogens is 493 g/mol. The van der Waals surface area contributed by atoms with E-state index in [9.17, 15) is 9.59 Å². The lowest BCUT2D eigenvalue weighted by atomic mass is 10.0. The first-order chi connectivity index (χ1) is 14.1. The van der Waals surface area contributed by atoms with E-state index in [4.69, 9.17) is 4.74 Å². The van der Waals surface area contributed by atoms with Gasteiger partial charge in [-0.05, 0) is 85.7 Å². The number of rotatable bonds is 5. The number of benzene rings is 2. The van der Waals surface area contributed by atoms with Crippen molar-refractivity contribution in [2.45, 2.75) is 45.8 Å². The number of fused-ring (bicyclic) bond motifs is 1. The van der Waals surface area contributed by atoms with Crippen molar-refractivity contribution in [1.29, 1.82) is 0 Å². The maximum Gasteiger partial charge on any atom is 0.408 e. The van der Waals surface area contributed by atoms with Crippen molar-refractivity contribution >= 4 is 51.2 Å². The third-order valence-electron chi connectivity index (χ3n) is 4.55. The van der Waals surface area contributed by atoms with Crippen molar-refractivity contribution in [3.8, 4) is 0 Å². The number of aromatic nitrogens is 1. The third kappa shape index (κ3) is 5.75. The average molecular weight is 519 g/mol. The number of nitrogens with one attached hydrogen (secondary N) is 3. The number of ether oxygens (including phenoxy) is 1. The molecular formula is C23H26IN3O3. The van der Waals surface area contributed by atoms with E-state index in [2.05, 4.69) is 38.2 Å². The van der Waals surface area contributed by atoms with Crippen LogP contribution in [0.25, 0.3) is 10.9 Å². The summed E-state index contributed by atoms with van der Waals surface area (Å²) in [5.74, 6) is -0.296. The second kappa shape index (κ2) is 9.07. The van der Waals surface area contributed by atoms with E-state index in [1.807, 2.05) is 55.6 Å². The highest BCUT2D eigenvalue weighted by atomic mass is 127. The molecule has 0 aliphatic rings. The van der Waals surface area contributed by atoms with Gasteiger partial charge in [-0.25, -0.2) is 4.79 Å². The number of hydrogen-bond acceptors (Lipinski definition) is 3. The van der Waals surface area contributed by atoms with Crippen molar-refractivity contribution in [2.75, 3.05) is 5.32 Å². The van der Waals surface area contributed by atoms with Crippen molar-refractivity contribution in [1.82, 2.24) is 10.3 Å². The number of anilines is 1. The summed E-state index contributed by atoms with van der Waals surface area (Å²) in [6, 6.07) is 12.9. The Morgan fingerprint density at radius 1 is 1.17 bits per heavy atom. The van der Waals surface area contributed by atoms with Crippen LogP contribution in [0.1, 0.15) is 31.9 Å². The standard InChI is InChI=1S/C23H26IN3O3/c1-14-11-16(24)9-10-18(14)26-21(28)20(27-22(29)30-23(2,3)4)12-15-13-25-19-8-6-5-7-17(15)19/h5-11,13,20,25H,12H2,1-4H3,(H,26,28)(H,27,29). The maximum absolute atomic E-state index is 13.1. The fourth-order valence-corrected chi connectivity index (χ4v) is 3.81. The van der Waals surface area contributed by atoms with Crippen LogP contribution in [0.15, 0.2) is 48.7 Å². The van der Waals surface area contributed by atoms with Gasteiger partial charge in [-0.2, -0.15) is 0 Å². The number of hydrogen-bond donors (Lipinski definition) is 3. The van der Waals surface area contributed by atoms with Crippen LogP contribution >= 0.6 is 22.6 Å². The Balaban J connectivity index is 1.84. The predicted molar refractivity (Wildman–Crippen MR) is 128 cm³/mol. The molecule has 0 bridgehead atoms. The van der Waals surface area contributed by atoms with Crippen LogP contribution < -0.4 is 10.6 Å². The van der Waals surface area contributed by atoms with E-state index < -0.39 is 17.7 Å². The van der Waals surface area contributed by atoms with E-state index >= 15 is 0 Å². The Bertz CT molecular complexity index is 1070. The zero-order chi connectivity index (χ0) is 21.9. The van der Waals surface area contributed by atoms with Gasteiger partial charge >= 0.3 is 6.09 Å². The van der Waals surface area contributed by atoms with Gasteiger partial charge in [0.25, 0.3) is 0 Å². The highest BCUT2D eigenvalue weighted by Gasteiger charge is 2.26. The minimum absolute atomic E-state index is 0.296. The number of alkyl carbamates (subject to hydrolysis) is 1. The van der Waals surface area contributed by atoms with Crippen molar-refractivity contribution < 1.29 is 14.3 Å². The molecule has 158 valence electrons. The van der Waals surface area contributed by atoms with Crippen LogP contribution in [0.3, 0.4) is 0 Å². The van der Waals surface area contributed by atoms with Gasteiger partial charge < -0.3 is 20.4 Å². The molecule has 3 aromatic rings. The van der Waals surface area contributed by atoms with Gasteiger partial charge in [0.1, 0.15) is 11.6 Å². The lowest BCUT2D eigenvalue weighted by Crippen LogP contribution is -2.47. The number of H-pyrrole nitrogens is 1. The zero-order valence-electron chi connectivity index (χ0n) is 17.5. The second-order valence-corrected chi connectivity index (χ2v) is 9.46. The molecule has 3 rings (SSSR count). The Hall–Kier alpha value is -2.55. The number of carbonyl (C=O) groups excluding carboxylic acids is 2. The van der Waals surface area contributed by atoms with E-state index in [0.29, 0.717) is 6.42 Å². The summed E-state index contributed by atoms with van der Waals surface area (Å²) in [4.78, 5) is 28.7. The summed E-state index contributed by atoms with van der Waals surface area (Å²) in [6.45, 7) is 7.30. The summed E-state index contributed by atoms with van der Waals surface area (Å²) in [5.41, 5.74) is 2.95. The van der Waals surface area contributed by atoms with E-state index in [-0.39, 0.29) is 5.91 Å². The molecule has 30 heavy (non-hydrogen) atoms.